The maximum Gasteiger partial charge on any atom is 0.308 e. The summed E-state index contributed by atoms with van der Waals surface area (Å²) in [5, 5.41) is 3.01. The SMILES string of the molecule is CCc1cccc(C)c1NC(=O)CCn1c(=O)sc2ccccc21. The first-order chi connectivity index (χ1) is 11.6. The first-order valence-corrected chi connectivity index (χ1v) is 8.88. The molecule has 0 atom stereocenters. The van der Waals surface area contributed by atoms with Crippen LogP contribution in [0.25, 0.3) is 10.2 Å². The first-order valence-electron chi connectivity index (χ1n) is 8.07. The fourth-order valence-corrected chi connectivity index (χ4v) is 3.76. The summed E-state index contributed by atoms with van der Waals surface area (Å²) in [4.78, 5) is 24.4. The number of nitrogens with zero attached hydrogens (tertiary/aromatic N) is 1. The number of rotatable bonds is 5. The molecule has 3 rings (SSSR count). The van der Waals surface area contributed by atoms with Crippen LogP contribution in [0.3, 0.4) is 0 Å². The maximum absolute atomic E-state index is 12.4. The maximum atomic E-state index is 12.4. The van der Waals surface area contributed by atoms with E-state index in [-0.39, 0.29) is 17.2 Å². The zero-order chi connectivity index (χ0) is 17.1. The lowest BCUT2D eigenvalue weighted by Gasteiger charge is -2.13. The van der Waals surface area contributed by atoms with Gasteiger partial charge in [0.15, 0.2) is 0 Å². The van der Waals surface area contributed by atoms with Crippen LogP contribution < -0.4 is 10.2 Å². The molecule has 1 amide bonds. The second kappa shape index (κ2) is 7.01. The van der Waals surface area contributed by atoms with Crippen LogP contribution in [0.1, 0.15) is 24.5 Å². The molecule has 0 saturated heterocycles. The van der Waals surface area contributed by atoms with Gasteiger partial charge < -0.3 is 5.32 Å². The Morgan fingerprint density at radius 2 is 1.96 bits per heavy atom. The van der Waals surface area contributed by atoms with Crippen molar-refractivity contribution in [1.29, 1.82) is 0 Å². The van der Waals surface area contributed by atoms with Crippen LogP contribution in [0.5, 0.6) is 0 Å². The number of anilines is 1. The van der Waals surface area contributed by atoms with Gasteiger partial charge >= 0.3 is 4.87 Å². The topological polar surface area (TPSA) is 51.1 Å². The lowest BCUT2D eigenvalue weighted by Crippen LogP contribution is -2.20. The van der Waals surface area contributed by atoms with E-state index in [9.17, 15) is 9.59 Å². The Balaban J connectivity index is 1.74. The van der Waals surface area contributed by atoms with Crippen LogP contribution in [0.2, 0.25) is 0 Å². The van der Waals surface area contributed by atoms with Crippen molar-refractivity contribution in [2.45, 2.75) is 33.2 Å². The number of aromatic nitrogens is 1. The van der Waals surface area contributed by atoms with Crippen molar-refractivity contribution >= 4 is 33.1 Å². The number of benzene rings is 2. The molecule has 3 aromatic rings. The van der Waals surface area contributed by atoms with Crippen molar-refractivity contribution in [3.8, 4) is 0 Å². The number of hydrogen-bond donors (Lipinski definition) is 1. The molecular formula is C19H20N2O2S. The molecule has 1 N–H and O–H groups in total. The lowest BCUT2D eigenvalue weighted by molar-refractivity contribution is -0.116. The molecule has 5 heteroatoms. The van der Waals surface area contributed by atoms with E-state index in [2.05, 4.69) is 12.2 Å². The van der Waals surface area contributed by atoms with Crippen molar-refractivity contribution in [3.05, 3.63) is 63.3 Å². The van der Waals surface area contributed by atoms with Crippen LogP contribution in [0.4, 0.5) is 5.69 Å². The highest BCUT2D eigenvalue weighted by atomic mass is 32.1. The summed E-state index contributed by atoms with van der Waals surface area (Å²) < 4.78 is 2.63. The van der Waals surface area contributed by atoms with E-state index in [1.807, 2.05) is 49.4 Å². The van der Waals surface area contributed by atoms with Crippen LogP contribution in [-0.4, -0.2) is 10.5 Å². The Kier molecular flexibility index (Phi) is 4.81. The number of para-hydroxylation sites is 2. The number of nitrogens with one attached hydrogen (secondary N) is 1. The van der Waals surface area contributed by atoms with Gasteiger partial charge in [-0.2, -0.15) is 0 Å². The quantitative estimate of drug-likeness (QED) is 0.764. The van der Waals surface area contributed by atoms with Crippen LogP contribution in [-0.2, 0) is 17.8 Å². The highest BCUT2D eigenvalue weighted by Crippen LogP contribution is 2.21. The predicted octanol–water partition coefficient (Wildman–Crippen LogP) is 3.96. The molecule has 0 aliphatic heterocycles. The van der Waals surface area contributed by atoms with Crippen molar-refractivity contribution in [3.63, 3.8) is 0 Å². The molecule has 0 saturated carbocycles. The largest absolute Gasteiger partial charge is 0.326 e. The van der Waals surface area contributed by atoms with Crippen molar-refractivity contribution in [1.82, 2.24) is 4.57 Å². The summed E-state index contributed by atoms with van der Waals surface area (Å²) in [6.07, 6.45) is 1.14. The third-order valence-electron chi connectivity index (χ3n) is 4.14. The summed E-state index contributed by atoms with van der Waals surface area (Å²) in [5.41, 5.74) is 3.97. The number of carbonyl (C=O) groups excluding carboxylic acids is 1. The third-order valence-corrected chi connectivity index (χ3v) is 5.10. The standard InChI is InChI=1S/C19H20N2O2S/c1-3-14-8-6-7-13(2)18(14)20-17(22)11-12-21-15-9-4-5-10-16(15)24-19(21)23/h4-10H,3,11-12H2,1-2H3,(H,20,22). The van der Waals surface area contributed by atoms with E-state index in [1.165, 1.54) is 11.3 Å². The average molecular weight is 340 g/mol. The van der Waals surface area contributed by atoms with Crippen molar-refractivity contribution in [2.75, 3.05) is 5.32 Å². The number of fused-ring (bicyclic) bond motifs is 1. The van der Waals surface area contributed by atoms with Crippen LogP contribution in [0, 0.1) is 6.92 Å². The Hall–Kier alpha value is -2.40. The van der Waals surface area contributed by atoms with Gasteiger partial charge in [-0.15, -0.1) is 0 Å². The van der Waals surface area contributed by atoms with Gasteiger partial charge in [0.2, 0.25) is 5.91 Å². The zero-order valence-corrected chi connectivity index (χ0v) is 14.7. The van der Waals surface area contributed by atoms with Gasteiger partial charge in [-0.3, -0.25) is 14.2 Å². The van der Waals surface area contributed by atoms with E-state index < -0.39 is 0 Å². The molecule has 24 heavy (non-hydrogen) atoms. The minimum Gasteiger partial charge on any atom is -0.326 e. The highest BCUT2D eigenvalue weighted by Gasteiger charge is 2.11. The molecule has 0 bridgehead atoms. The van der Waals surface area contributed by atoms with Crippen molar-refractivity contribution < 1.29 is 4.79 Å². The zero-order valence-electron chi connectivity index (χ0n) is 13.8. The van der Waals surface area contributed by atoms with E-state index in [4.69, 9.17) is 0 Å². The summed E-state index contributed by atoms with van der Waals surface area (Å²) in [5.74, 6) is -0.0684. The molecule has 0 aliphatic rings. The molecule has 0 aliphatic carbocycles. The van der Waals surface area contributed by atoms with Crippen LogP contribution in [0.15, 0.2) is 47.3 Å². The fraction of sp³-hybridized carbons (Fsp3) is 0.263. The smallest absolute Gasteiger partial charge is 0.308 e. The number of thiazole rings is 1. The van der Waals surface area contributed by atoms with Gasteiger partial charge in [0, 0.05) is 18.7 Å². The molecule has 4 nitrogen and oxygen atoms in total. The minimum absolute atomic E-state index is 0.0193. The Labute approximate surface area is 144 Å². The molecular weight excluding hydrogens is 320 g/mol. The normalized spacial score (nSPS) is 10.9. The molecule has 1 heterocycles. The number of amides is 1. The van der Waals surface area contributed by atoms with Crippen molar-refractivity contribution in [2.24, 2.45) is 0 Å². The molecule has 2 aromatic carbocycles. The fourth-order valence-electron chi connectivity index (χ4n) is 2.84. The monoisotopic (exact) mass is 340 g/mol. The molecule has 1 aromatic heterocycles. The second-order valence-corrected chi connectivity index (χ2v) is 6.74. The summed E-state index contributed by atoms with van der Waals surface area (Å²) in [6.45, 7) is 4.45. The molecule has 0 fully saturated rings. The number of hydrogen-bond acceptors (Lipinski definition) is 3. The summed E-state index contributed by atoms with van der Waals surface area (Å²) in [6, 6.07) is 13.7. The first kappa shape index (κ1) is 16.5. The summed E-state index contributed by atoms with van der Waals surface area (Å²) in [7, 11) is 0. The molecule has 0 unspecified atom stereocenters. The lowest BCUT2D eigenvalue weighted by atomic mass is 10.1. The third kappa shape index (κ3) is 3.26. The molecule has 0 spiro atoms. The van der Waals surface area contributed by atoms with Gasteiger partial charge in [0.25, 0.3) is 0 Å². The van der Waals surface area contributed by atoms with E-state index in [1.54, 1.807) is 4.57 Å². The van der Waals surface area contributed by atoms with E-state index in [0.29, 0.717) is 6.54 Å². The number of aryl methyl sites for hydroxylation is 3. The average Bonchev–Trinajstić information content (AvgIpc) is 2.90. The molecule has 124 valence electrons. The van der Waals surface area contributed by atoms with Crippen LogP contribution >= 0.6 is 11.3 Å². The van der Waals surface area contributed by atoms with E-state index >= 15 is 0 Å². The Morgan fingerprint density at radius 3 is 2.75 bits per heavy atom. The highest BCUT2D eigenvalue weighted by molar-refractivity contribution is 7.16. The van der Waals surface area contributed by atoms with E-state index in [0.717, 1.165) is 33.5 Å². The van der Waals surface area contributed by atoms with Gasteiger partial charge in [-0.1, -0.05) is 48.6 Å². The Bertz CT molecular complexity index is 940. The summed E-state index contributed by atoms with van der Waals surface area (Å²) >= 11 is 1.22. The number of carbonyl (C=O) groups is 1. The Morgan fingerprint density at radius 1 is 1.17 bits per heavy atom. The van der Waals surface area contributed by atoms with Gasteiger partial charge in [-0.05, 0) is 36.6 Å². The minimum atomic E-state index is -0.0684. The molecule has 0 radical (unpaired) electrons. The van der Waals surface area contributed by atoms with Gasteiger partial charge in [-0.25, -0.2) is 0 Å². The van der Waals surface area contributed by atoms with Gasteiger partial charge in [0.05, 0.1) is 10.2 Å². The predicted molar refractivity (Wildman–Crippen MR) is 99.9 cm³/mol. The second-order valence-electron chi connectivity index (χ2n) is 5.75. The van der Waals surface area contributed by atoms with Gasteiger partial charge in [0.1, 0.15) is 0 Å².